The number of aromatic nitrogens is 1. The van der Waals surface area contributed by atoms with E-state index in [1.807, 2.05) is 0 Å². The van der Waals surface area contributed by atoms with Crippen LogP contribution in [0.5, 0.6) is 0 Å². The molecule has 0 radical (unpaired) electrons. The van der Waals surface area contributed by atoms with Crippen LogP contribution in [-0.4, -0.2) is 12.6 Å². The van der Waals surface area contributed by atoms with Crippen LogP contribution in [0.1, 0.15) is 0 Å². The molecule has 0 atom stereocenters. The van der Waals surface area contributed by atoms with Gasteiger partial charge in [0, 0.05) is 20.9 Å². The number of hydrogen-bond acceptors (Lipinski definition) is 0. The summed E-state index contributed by atoms with van der Waals surface area (Å²) in [6, 6.07) is 31.3. The molecule has 6 rings (SSSR count). The van der Waals surface area contributed by atoms with Gasteiger partial charge in [-0.25, -0.2) is 0 Å². The van der Waals surface area contributed by atoms with E-state index in [-0.39, 0.29) is 0 Å². The predicted octanol–water partition coefficient (Wildman–Crippen LogP) is 6.35. The first kappa shape index (κ1) is 17.3. The minimum absolute atomic E-state index is 1.12. The molecular formula is C26H20BrNSi. The van der Waals surface area contributed by atoms with E-state index in [0.717, 1.165) is 4.47 Å². The SMILES string of the molecule is C[Si]1(C)c2ccccc2-c2cc3c(cc21)c1cc(Br)ccc1n3-c1ccccc1. The molecule has 3 heteroatoms. The number of benzene rings is 4. The third-order valence-electron chi connectivity index (χ3n) is 6.44. The first-order valence-corrected chi connectivity index (χ1v) is 13.8. The number of halogens is 1. The van der Waals surface area contributed by atoms with Gasteiger partial charge in [0.2, 0.25) is 0 Å². The third-order valence-corrected chi connectivity index (χ3v) is 10.5. The molecule has 0 unspecified atom stereocenters. The molecule has 5 aromatic rings. The molecule has 0 spiro atoms. The molecular weight excluding hydrogens is 434 g/mol. The van der Waals surface area contributed by atoms with E-state index < -0.39 is 8.07 Å². The third kappa shape index (κ3) is 2.32. The number of fused-ring (bicyclic) bond motifs is 6. The summed E-state index contributed by atoms with van der Waals surface area (Å²) in [5.41, 5.74) is 6.59. The van der Waals surface area contributed by atoms with Crippen LogP contribution >= 0.6 is 15.9 Å². The molecule has 1 aliphatic rings. The molecule has 4 aromatic carbocycles. The average molecular weight is 454 g/mol. The second kappa shape index (κ2) is 5.94. The minimum atomic E-state index is -1.69. The number of para-hydroxylation sites is 1. The van der Waals surface area contributed by atoms with Crippen molar-refractivity contribution in [1.82, 2.24) is 4.57 Å². The summed E-state index contributed by atoms with van der Waals surface area (Å²) >= 11 is 3.69. The standard InChI is InChI=1S/C26H20BrNSi/c1-29(2)25-11-7-6-10-19(25)22-15-24-21(16-26(22)29)20-14-17(27)12-13-23(20)28(24)18-8-4-3-5-9-18/h3-16H,1-2H3. The summed E-state index contributed by atoms with van der Waals surface area (Å²) in [7, 11) is -1.69. The number of hydrogen-bond donors (Lipinski definition) is 0. The fourth-order valence-electron chi connectivity index (χ4n) is 5.04. The molecule has 2 heterocycles. The monoisotopic (exact) mass is 453 g/mol. The molecule has 0 bridgehead atoms. The van der Waals surface area contributed by atoms with Crippen LogP contribution in [0.25, 0.3) is 38.6 Å². The summed E-state index contributed by atoms with van der Waals surface area (Å²) < 4.78 is 3.53. The Balaban J connectivity index is 1.80. The Labute approximate surface area is 179 Å². The lowest BCUT2D eigenvalue weighted by Crippen LogP contribution is -2.49. The van der Waals surface area contributed by atoms with Gasteiger partial charge in [-0.05, 0) is 57.9 Å². The lowest BCUT2D eigenvalue weighted by molar-refractivity contribution is 1.18. The second-order valence-corrected chi connectivity index (χ2v) is 13.7. The Morgan fingerprint density at radius 1 is 0.655 bits per heavy atom. The molecule has 0 saturated heterocycles. The Morgan fingerprint density at radius 2 is 1.38 bits per heavy atom. The van der Waals surface area contributed by atoms with Crippen molar-refractivity contribution < 1.29 is 0 Å². The van der Waals surface area contributed by atoms with Crippen LogP contribution in [0.3, 0.4) is 0 Å². The van der Waals surface area contributed by atoms with Gasteiger partial charge in [0.1, 0.15) is 8.07 Å². The van der Waals surface area contributed by atoms with Gasteiger partial charge >= 0.3 is 0 Å². The van der Waals surface area contributed by atoms with Gasteiger partial charge < -0.3 is 4.57 Å². The van der Waals surface area contributed by atoms with Gasteiger partial charge in [-0.3, -0.25) is 0 Å². The largest absolute Gasteiger partial charge is 0.309 e. The van der Waals surface area contributed by atoms with Crippen LogP contribution in [0.2, 0.25) is 13.1 Å². The molecule has 0 N–H and O–H groups in total. The van der Waals surface area contributed by atoms with Gasteiger partial charge in [0.25, 0.3) is 0 Å². The molecule has 0 amide bonds. The first-order chi connectivity index (χ1) is 14.1. The maximum atomic E-state index is 3.69. The summed E-state index contributed by atoms with van der Waals surface area (Å²) in [5, 5.41) is 5.76. The van der Waals surface area contributed by atoms with E-state index in [1.165, 1.54) is 38.6 Å². The first-order valence-electron chi connectivity index (χ1n) is 9.99. The van der Waals surface area contributed by atoms with E-state index >= 15 is 0 Å². The summed E-state index contributed by atoms with van der Waals surface area (Å²) in [6.45, 7) is 4.96. The van der Waals surface area contributed by atoms with Crippen LogP contribution in [0.4, 0.5) is 0 Å². The van der Waals surface area contributed by atoms with Crippen molar-refractivity contribution in [3.05, 3.63) is 89.4 Å². The van der Waals surface area contributed by atoms with Crippen molar-refractivity contribution in [1.29, 1.82) is 0 Å². The Morgan fingerprint density at radius 3 is 2.21 bits per heavy atom. The fourth-order valence-corrected chi connectivity index (χ4v) is 8.48. The summed E-state index contributed by atoms with van der Waals surface area (Å²) in [5.74, 6) is 0. The van der Waals surface area contributed by atoms with Gasteiger partial charge in [-0.1, -0.05) is 77.6 Å². The topological polar surface area (TPSA) is 4.93 Å². The van der Waals surface area contributed by atoms with Gasteiger partial charge in [-0.15, -0.1) is 0 Å². The van der Waals surface area contributed by atoms with Gasteiger partial charge in [0.05, 0.1) is 11.0 Å². The summed E-state index contributed by atoms with van der Waals surface area (Å²) in [4.78, 5) is 0. The molecule has 140 valence electrons. The minimum Gasteiger partial charge on any atom is -0.309 e. The molecule has 29 heavy (non-hydrogen) atoms. The maximum absolute atomic E-state index is 3.69. The van der Waals surface area contributed by atoms with Gasteiger partial charge in [-0.2, -0.15) is 0 Å². The molecule has 0 aliphatic carbocycles. The van der Waals surface area contributed by atoms with Crippen molar-refractivity contribution in [2.75, 3.05) is 0 Å². The quantitative estimate of drug-likeness (QED) is 0.260. The summed E-state index contributed by atoms with van der Waals surface area (Å²) in [6.07, 6.45) is 0. The smallest absolute Gasteiger partial charge is 0.113 e. The number of rotatable bonds is 1. The van der Waals surface area contributed by atoms with E-state index in [0.29, 0.717) is 0 Å². The van der Waals surface area contributed by atoms with Gasteiger partial charge in [0.15, 0.2) is 0 Å². The molecule has 0 fully saturated rings. The Bertz CT molecular complexity index is 1430. The van der Waals surface area contributed by atoms with Crippen molar-refractivity contribution in [2.45, 2.75) is 13.1 Å². The Kier molecular flexibility index (Phi) is 3.54. The highest BCUT2D eigenvalue weighted by molar-refractivity contribution is 9.10. The fraction of sp³-hybridized carbons (Fsp3) is 0.0769. The van der Waals surface area contributed by atoms with Crippen molar-refractivity contribution in [3.63, 3.8) is 0 Å². The Hall–Kier alpha value is -2.62. The van der Waals surface area contributed by atoms with Crippen LogP contribution in [0, 0.1) is 0 Å². The molecule has 1 aliphatic heterocycles. The normalized spacial score (nSPS) is 14.3. The average Bonchev–Trinajstić information content (AvgIpc) is 3.17. The molecule has 1 nitrogen and oxygen atoms in total. The predicted molar refractivity (Wildman–Crippen MR) is 131 cm³/mol. The zero-order chi connectivity index (χ0) is 19.8. The van der Waals surface area contributed by atoms with Crippen LogP contribution in [0.15, 0.2) is 89.4 Å². The number of nitrogens with zero attached hydrogens (tertiary/aromatic N) is 1. The maximum Gasteiger partial charge on any atom is 0.113 e. The van der Waals surface area contributed by atoms with Crippen molar-refractivity contribution in [2.24, 2.45) is 0 Å². The lowest BCUT2D eigenvalue weighted by Gasteiger charge is -2.18. The zero-order valence-corrected chi connectivity index (χ0v) is 19.0. The van der Waals surface area contributed by atoms with Crippen LogP contribution in [-0.2, 0) is 0 Å². The van der Waals surface area contributed by atoms with Crippen LogP contribution < -0.4 is 10.4 Å². The van der Waals surface area contributed by atoms with Crippen molar-refractivity contribution >= 4 is 56.2 Å². The zero-order valence-electron chi connectivity index (χ0n) is 16.4. The lowest BCUT2D eigenvalue weighted by atomic mass is 10.0. The van der Waals surface area contributed by atoms with E-state index in [2.05, 4.69) is 119 Å². The van der Waals surface area contributed by atoms with E-state index in [1.54, 1.807) is 10.4 Å². The molecule has 0 saturated carbocycles. The van der Waals surface area contributed by atoms with Crippen molar-refractivity contribution in [3.8, 4) is 16.8 Å². The highest BCUT2D eigenvalue weighted by atomic mass is 79.9. The second-order valence-electron chi connectivity index (χ2n) is 8.42. The highest BCUT2D eigenvalue weighted by Gasteiger charge is 2.37. The van der Waals surface area contributed by atoms with E-state index in [4.69, 9.17) is 0 Å². The highest BCUT2D eigenvalue weighted by Crippen LogP contribution is 2.38. The van der Waals surface area contributed by atoms with E-state index in [9.17, 15) is 0 Å². The molecule has 1 aromatic heterocycles.